The first kappa shape index (κ1) is 21.2. The maximum Gasteiger partial charge on any atom is 0.311 e. The Hall–Kier alpha value is 0.130. The summed E-state index contributed by atoms with van der Waals surface area (Å²) in [5.74, 6) is 0.541. The number of carbonyl (C=O) groups excluding carboxylic acids is 1. The van der Waals surface area contributed by atoms with Crippen LogP contribution in [-0.2, 0) is 9.53 Å². The van der Waals surface area contributed by atoms with Crippen molar-refractivity contribution in [3.8, 4) is 0 Å². The second kappa shape index (κ2) is 10.2. The molecule has 1 fully saturated rings. The van der Waals surface area contributed by atoms with E-state index >= 15 is 0 Å². The van der Waals surface area contributed by atoms with Gasteiger partial charge in [-0.3, -0.25) is 4.79 Å². The molecule has 136 valence electrons. The van der Waals surface area contributed by atoms with Crippen LogP contribution in [0.25, 0.3) is 0 Å². The van der Waals surface area contributed by atoms with Crippen molar-refractivity contribution in [2.75, 3.05) is 52.1 Å². The zero-order valence-corrected chi connectivity index (χ0v) is 17.0. The van der Waals surface area contributed by atoms with E-state index in [1.54, 1.807) is 0 Å². The lowest BCUT2D eigenvalue weighted by atomic mass is 9.89. The molecular weight excluding hydrogens is 331 g/mol. The van der Waals surface area contributed by atoms with Crippen LogP contribution in [0, 0.1) is 5.41 Å². The van der Waals surface area contributed by atoms with Gasteiger partial charge in [-0.15, -0.1) is 11.4 Å². The molecule has 5 nitrogen and oxygen atoms in total. The van der Waals surface area contributed by atoms with Crippen LogP contribution in [0.4, 0.5) is 0 Å². The Morgan fingerprint density at radius 3 is 2.48 bits per heavy atom. The van der Waals surface area contributed by atoms with E-state index in [0.29, 0.717) is 12.4 Å². The fourth-order valence-electron chi connectivity index (χ4n) is 2.22. The van der Waals surface area contributed by atoms with Crippen LogP contribution < -0.4 is 0 Å². The maximum absolute atomic E-state index is 12.3. The van der Waals surface area contributed by atoms with Gasteiger partial charge in [-0.05, 0) is 33.9 Å². The summed E-state index contributed by atoms with van der Waals surface area (Å²) >= 11 is 1.50. The lowest BCUT2D eigenvalue weighted by Gasteiger charge is -2.34. The van der Waals surface area contributed by atoms with Crippen LogP contribution in [0.3, 0.4) is 0 Å². The molecule has 1 saturated heterocycles. The van der Waals surface area contributed by atoms with Crippen LogP contribution in [0.2, 0.25) is 0 Å². The summed E-state index contributed by atoms with van der Waals surface area (Å²) in [5, 5.41) is 0. The minimum Gasteiger partial charge on any atom is -0.464 e. The Kier molecular flexibility index (Phi) is 9.39. The molecule has 0 aromatic rings. The van der Waals surface area contributed by atoms with Gasteiger partial charge in [0.05, 0.1) is 12.8 Å². The predicted molar refractivity (Wildman–Crippen MR) is 100 cm³/mol. The number of piperazine rings is 1. The molecule has 0 bridgehead atoms. The lowest BCUT2D eigenvalue weighted by Crippen LogP contribution is -2.45. The van der Waals surface area contributed by atoms with Gasteiger partial charge in [-0.25, -0.2) is 0 Å². The number of rotatable bonds is 9. The lowest BCUT2D eigenvalue weighted by molar-refractivity contribution is -0.153. The molecule has 1 aliphatic rings. The molecule has 1 aliphatic heterocycles. The second-order valence-electron chi connectivity index (χ2n) is 7.14. The highest BCUT2D eigenvalue weighted by Crippen LogP contribution is 2.49. The highest BCUT2D eigenvalue weighted by atomic mass is 32.7. The molecule has 23 heavy (non-hydrogen) atoms. The van der Waals surface area contributed by atoms with Gasteiger partial charge < -0.3 is 19.4 Å². The molecule has 1 atom stereocenters. The van der Waals surface area contributed by atoms with Crippen molar-refractivity contribution in [2.24, 2.45) is 5.41 Å². The highest BCUT2D eigenvalue weighted by molar-refractivity contribution is 8.54. The van der Waals surface area contributed by atoms with E-state index in [-0.39, 0.29) is 11.6 Å². The topological polar surface area (TPSA) is 53.0 Å². The molecular formula is C16H33N2O3PS. The smallest absolute Gasteiger partial charge is 0.311 e. The first-order chi connectivity index (χ1) is 10.7. The molecule has 7 heteroatoms. The molecule has 0 radical (unpaired) electrons. The number of carbonyl (C=O) groups is 1. The molecule has 0 aromatic carbocycles. The van der Waals surface area contributed by atoms with Gasteiger partial charge in [0.2, 0.25) is 0 Å². The standard InChI is InChI=1S/C16H33N2O3PS/c1-14(2)22(20)23-13-12-21-15(19)16(3,4)6-7-18-10-8-17(5)9-11-18/h14,20H,6-13H2,1-5H3. The number of ether oxygens (including phenoxy) is 1. The fraction of sp³-hybridized carbons (Fsp3) is 0.938. The Morgan fingerprint density at radius 2 is 1.91 bits per heavy atom. The molecule has 1 unspecified atom stereocenters. The number of likely N-dealkylation sites (N-methyl/N-ethyl adjacent to an activating group) is 1. The van der Waals surface area contributed by atoms with Crippen molar-refractivity contribution in [3.63, 3.8) is 0 Å². The Morgan fingerprint density at radius 1 is 1.30 bits per heavy atom. The average Bonchev–Trinajstić information content (AvgIpc) is 2.50. The first-order valence-corrected chi connectivity index (χ1v) is 11.4. The summed E-state index contributed by atoms with van der Waals surface area (Å²) in [5.41, 5.74) is -0.165. The van der Waals surface area contributed by atoms with Crippen LogP contribution in [0.1, 0.15) is 34.1 Å². The SMILES string of the molecule is CC(C)P(O)SCCOC(=O)C(C)(C)CCN1CCN(C)CC1. The van der Waals surface area contributed by atoms with Crippen LogP contribution in [-0.4, -0.2) is 78.5 Å². The first-order valence-electron chi connectivity index (χ1n) is 8.41. The molecule has 0 aliphatic carbocycles. The van der Waals surface area contributed by atoms with E-state index in [9.17, 15) is 9.69 Å². The van der Waals surface area contributed by atoms with Crippen molar-refractivity contribution in [1.29, 1.82) is 0 Å². The molecule has 1 rings (SSSR count). The van der Waals surface area contributed by atoms with Gasteiger partial charge >= 0.3 is 5.97 Å². The van der Waals surface area contributed by atoms with Crippen molar-refractivity contribution in [3.05, 3.63) is 0 Å². The third-order valence-corrected chi connectivity index (χ3v) is 8.29. The van der Waals surface area contributed by atoms with Crippen molar-refractivity contribution in [1.82, 2.24) is 9.80 Å². The molecule has 0 aromatic heterocycles. The van der Waals surface area contributed by atoms with Gasteiger partial charge in [-0.1, -0.05) is 13.8 Å². The molecule has 0 saturated carbocycles. The second-order valence-corrected chi connectivity index (χ2v) is 11.3. The summed E-state index contributed by atoms with van der Waals surface area (Å²) in [7, 11) is 1.14. The number of hydrogen-bond acceptors (Lipinski definition) is 6. The Balaban J connectivity index is 2.22. The van der Waals surface area contributed by atoms with Crippen LogP contribution in [0.5, 0.6) is 0 Å². The van der Waals surface area contributed by atoms with E-state index in [2.05, 4.69) is 16.8 Å². The zero-order valence-electron chi connectivity index (χ0n) is 15.2. The predicted octanol–water partition coefficient (Wildman–Crippen LogP) is 2.64. The third-order valence-electron chi connectivity index (χ3n) is 4.18. The Labute approximate surface area is 146 Å². The largest absolute Gasteiger partial charge is 0.464 e. The average molecular weight is 364 g/mol. The number of nitrogens with zero attached hydrogens (tertiary/aromatic N) is 2. The van der Waals surface area contributed by atoms with Gasteiger partial charge in [0.25, 0.3) is 0 Å². The van der Waals surface area contributed by atoms with Crippen molar-refractivity contribution in [2.45, 2.75) is 39.8 Å². The number of esters is 1. The van der Waals surface area contributed by atoms with Crippen LogP contribution in [0.15, 0.2) is 0 Å². The summed E-state index contributed by atoms with van der Waals surface area (Å²) in [6.07, 6.45) is 0.821. The van der Waals surface area contributed by atoms with Crippen molar-refractivity contribution < 1.29 is 14.4 Å². The van der Waals surface area contributed by atoms with Crippen LogP contribution >= 0.6 is 18.7 Å². The third kappa shape index (κ3) is 8.17. The Bertz CT molecular complexity index is 361. The quantitative estimate of drug-likeness (QED) is 0.386. The summed E-state index contributed by atoms with van der Waals surface area (Å²) in [6, 6.07) is 0. The summed E-state index contributed by atoms with van der Waals surface area (Å²) in [6.45, 7) is 13.6. The number of hydrogen-bond donors (Lipinski definition) is 1. The molecule has 1 N–H and O–H groups in total. The summed E-state index contributed by atoms with van der Waals surface area (Å²) in [4.78, 5) is 26.8. The van der Waals surface area contributed by atoms with Gasteiger partial charge in [-0.2, -0.15) is 0 Å². The normalized spacial score (nSPS) is 19.1. The van der Waals surface area contributed by atoms with E-state index < -0.39 is 12.8 Å². The molecule has 0 spiro atoms. The summed E-state index contributed by atoms with van der Waals surface area (Å²) < 4.78 is 5.41. The fourth-order valence-corrected chi connectivity index (χ4v) is 4.54. The van der Waals surface area contributed by atoms with Gasteiger partial charge in [0.1, 0.15) is 6.61 Å². The van der Waals surface area contributed by atoms with Crippen molar-refractivity contribution >= 4 is 24.7 Å². The zero-order chi connectivity index (χ0) is 17.5. The monoisotopic (exact) mass is 364 g/mol. The van der Waals surface area contributed by atoms with E-state index in [4.69, 9.17) is 4.74 Å². The minimum absolute atomic E-state index is 0.126. The maximum atomic E-state index is 12.3. The minimum atomic E-state index is -1.00. The van der Waals surface area contributed by atoms with Gasteiger partial charge in [0, 0.05) is 37.6 Å². The van der Waals surface area contributed by atoms with E-state index in [1.807, 2.05) is 27.7 Å². The highest BCUT2D eigenvalue weighted by Gasteiger charge is 2.30. The van der Waals surface area contributed by atoms with E-state index in [0.717, 1.165) is 39.1 Å². The van der Waals surface area contributed by atoms with Gasteiger partial charge in [0.15, 0.2) is 0 Å². The molecule has 0 amide bonds. The van der Waals surface area contributed by atoms with E-state index in [1.165, 1.54) is 11.4 Å². The molecule has 1 heterocycles.